The molecule has 1 heterocycles. The SMILES string of the molecule is O=C(O)Cc1[nH]nc(-c2cccc(F)c2)c1Br. The van der Waals surface area contributed by atoms with E-state index in [1.54, 1.807) is 12.1 Å². The van der Waals surface area contributed by atoms with Gasteiger partial charge in [0.15, 0.2) is 0 Å². The van der Waals surface area contributed by atoms with Crippen LogP contribution in [0.1, 0.15) is 5.69 Å². The summed E-state index contributed by atoms with van der Waals surface area (Å²) in [6.45, 7) is 0. The summed E-state index contributed by atoms with van der Waals surface area (Å²) < 4.78 is 13.6. The summed E-state index contributed by atoms with van der Waals surface area (Å²) >= 11 is 3.26. The molecule has 0 spiro atoms. The molecule has 0 saturated carbocycles. The van der Waals surface area contributed by atoms with Crippen molar-refractivity contribution < 1.29 is 14.3 Å². The number of nitrogens with zero attached hydrogens (tertiary/aromatic N) is 1. The first kappa shape index (κ1) is 11.8. The van der Waals surface area contributed by atoms with E-state index in [0.717, 1.165) is 0 Å². The molecule has 0 saturated heterocycles. The van der Waals surface area contributed by atoms with E-state index in [-0.39, 0.29) is 12.2 Å². The highest BCUT2D eigenvalue weighted by molar-refractivity contribution is 9.10. The Hall–Kier alpha value is -1.69. The second-order valence-electron chi connectivity index (χ2n) is 3.45. The van der Waals surface area contributed by atoms with Gasteiger partial charge in [0.1, 0.15) is 11.5 Å². The molecule has 0 aliphatic carbocycles. The van der Waals surface area contributed by atoms with Gasteiger partial charge in [0.05, 0.1) is 16.6 Å². The number of carboxylic acid groups (broad SMARTS) is 1. The van der Waals surface area contributed by atoms with Crippen molar-refractivity contribution in [1.29, 1.82) is 0 Å². The maximum Gasteiger partial charge on any atom is 0.309 e. The second kappa shape index (κ2) is 4.67. The van der Waals surface area contributed by atoms with Gasteiger partial charge in [-0.1, -0.05) is 12.1 Å². The predicted molar refractivity (Wildman–Crippen MR) is 63.0 cm³/mol. The zero-order valence-corrected chi connectivity index (χ0v) is 10.2. The van der Waals surface area contributed by atoms with Crippen molar-refractivity contribution in [3.8, 4) is 11.3 Å². The van der Waals surface area contributed by atoms with Crippen LogP contribution < -0.4 is 0 Å². The average molecular weight is 299 g/mol. The zero-order valence-electron chi connectivity index (χ0n) is 8.58. The van der Waals surface area contributed by atoms with Crippen molar-refractivity contribution in [2.45, 2.75) is 6.42 Å². The molecule has 88 valence electrons. The van der Waals surface area contributed by atoms with E-state index in [4.69, 9.17) is 5.11 Å². The molecule has 17 heavy (non-hydrogen) atoms. The van der Waals surface area contributed by atoms with Crippen molar-refractivity contribution in [2.75, 3.05) is 0 Å². The smallest absolute Gasteiger partial charge is 0.309 e. The van der Waals surface area contributed by atoms with E-state index in [9.17, 15) is 9.18 Å². The van der Waals surface area contributed by atoms with Crippen LogP contribution in [0.4, 0.5) is 4.39 Å². The molecule has 0 atom stereocenters. The Balaban J connectivity index is 2.40. The lowest BCUT2D eigenvalue weighted by molar-refractivity contribution is -0.136. The molecule has 0 aliphatic rings. The summed E-state index contributed by atoms with van der Waals surface area (Å²) in [5.74, 6) is -1.32. The molecule has 6 heteroatoms. The topological polar surface area (TPSA) is 66.0 Å². The molecule has 4 nitrogen and oxygen atoms in total. The molecular weight excluding hydrogens is 291 g/mol. The van der Waals surface area contributed by atoms with E-state index in [0.29, 0.717) is 21.4 Å². The van der Waals surface area contributed by atoms with Gasteiger partial charge in [-0.05, 0) is 28.1 Å². The van der Waals surface area contributed by atoms with E-state index >= 15 is 0 Å². The highest BCUT2D eigenvalue weighted by atomic mass is 79.9. The Labute approximate surface area is 105 Å². The van der Waals surface area contributed by atoms with Crippen LogP contribution in [0.5, 0.6) is 0 Å². The highest BCUT2D eigenvalue weighted by Gasteiger charge is 2.14. The number of benzene rings is 1. The fourth-order valence-electron chi connectivity index (χ4n) is 1.46. The standard InChI is InChI=1S/C11H8BrFN2O2/c12-10-8(5-9(16)17)14-15-11(10)6-2-1-3-7(13)4-6/h1-4H,5H2,(H,14,15)(H,16,17). The van der Waals surface area contributed by atoms with Gasteiger partial charge in [0.2, 0.25) is 0 Å². The van der Waals surface area contributed by atoms with Crippen molar-refractivity contribution in [3.63, 3.8) is 0 Å². The second-order valence-corrected chi connectivity index (χ2v) is 4.24. The number of aliphatic carboxylic acids is 1. The predicted octanol–water partition coefficient (Wildman–Crippen LogP) is 2.61. The van der Waals surface area contributed by atoms with Crippen molar-refractivity contribution >= 4 is 21.9 Å². The number of carbonyl (C=O) groups is 1. The van der Waals surface area contributed by atoms with E-state index in [1.807, 2.05) is 0 Å². The molecule has 0 bridgehead atoms. The maximum atomic E-state index is 13.1. The quantitative estimate of drug-likeness (QED) is 0.915. The molecule has 1 aromatic carbocycles. The molecule has 0 radical (unpaired) electrons. The van der Waals surface area contributed by atoms with Crippen LogP contribution in [0.3, 0.4) is 0 Å². The van der Waals surface area contributed by atoms with Gasteiger partial charge >= 0.3 is 5.97 Å². The zero-order chi connectivity index (χ0) is 12.4. The van der Waals surface area contributed by atoms with Gasteiger partial charge in [-0.2, -0.15) is 5.10 Å². The molecule has 1 aromatic heterocycles. The average Bonchev–Trinajstić information content (AvgIpc) is 2.60. The molecular formula is C11H8BrFN2O2. The first-order chi connectivity index (χ1) is 8.08. The number of hydrogen-bond donors (Lipinski definition) is 2. The van der Waals surface area contributed by atoms with Crippen molar-refractivity contribution in [3.05, 3.63) is 40.2 Å². The summed E-state index contributed by atoms with van der Waals surface area (Å²) in [4.78, 5) is 10.6. The normalized spacial score (nSPS) is 10.5. The van der Waals surface area contributed by atoms with Crippen molar-refractivity contribution in [1.82, 2.24) is 10.2 Å². The summed E-state index contributed by atoms with van der Waals surface area (Å²) in [7, 11) is 0. The lowest BCUT2D eigenvalue weighted by Gasteiger charge is -1.98. The Morgan fingerprint density at radius 2 is 2.29 bits per heavy atom. The van der Waals surface area contributed by atoms with Gasteiger partial charge < -0.3 is 5.11 Å². The summed E-state index contributed by atoms with van der Waals surface area (Å²) in [6, 6.07) is 5.95. The number of hydrogen-bond acceptors (Lipinski definition) is 2. The number of H-pyrrole nitrogens is 1. The minimum Gasteiger partial charge on any atom is -0.481 e. The number of aromatic nitrogens is 2. The Bertz CT molecular complexity index is 568. The maximum absolute atomic E-state index is 13.1. The first-order valence-corrected chi connectivity index (χ1v) is 5.57. The fraction of sp³-hybridized carbons (Fsp3) is 0.0909. The van der Waals surface area contributed by atoms with Gasteiger partial charge in [0, 0.05) is 5.56 Å². The van der Waals surface area contributed by atoms with Crippen LogP contribution in [0.25, 0.3) is 11.3 Å². The summed E-state index contributed by atoms with van der Waals surface area (Å²) in [6.07, 6.45) is -0.164. The monoisotopic (exact) mass is 298 g/mol. The summed E-state index contributed by atoms with van der Waals surface area (Å²) in [5, 5.41) is 15.3. The lowest BCUT2D eigenvalue weighted by atomic mass is 10.1. The molecule has 0 amide bonds. The van der Waals surface area contributed by atoms with Crippen LogP contribution in [-0.4, -0.2) is 21.3 Å². The van der Waals surface area contributed by atoms with E-state index < -0.39 is 5.97 Å². The molecule has 0 fully saturated rings. The Kier molecular flexibility index (Phi) is 3.23. The number of carboxylic acids is 1. The third-order valence-electron chi connectivity index (χ3n) is 2.20. The number of halogens is 2. The Morgan fingerprint density at radius 1 is 1.53 bits per heavy atom. The number of rotatable bonds is 3. The van der Waals surface area contributed by atoms with Crippen LogP contribution in [0, 0.1) is 5.82 Å². The highest BCUT2D eigenvalue weighted by Crippen LogP contribution is 2.29. The molecule has 0 unspecified atom stereocenters. The largest absolute Gasteiger partial charge is 0.481 e. The Morgan fingerprint density at radius 3 is 2.94 bits per heavy atom. The van der Waals surface area contributed by atoms with Gasteiger partial charge in [0.25, 0.3) is 0 Å². The van der Waals surface area contributed by atoms with Crippen molar-refractivity contribution in [2.24, 2.45) is 0 Å². The number of aromatic amines is 1. The number of nitrogens with one attached hydrogen (secondary N) is 1. The van der Waals surface area contributed by atoms with Crippen LogP contribution in [0.2, 0.25) is 0 Å². The minimum absolute atomic E-state index is 0.164. The third-order valence-corrected chi connectivity index (χ3v) is 3.06. The van der Waals surface area contributed by atoms with Gasteiger partial charge in [-0.25, -0.2) is 4.39 Å². The van der Waals surface area contributed by atoms with Crippen LogP contribution in [-0.2, 0) is 11.2 Å². The lowest BCUT2D eigenvalue weighted by Crippen LogP contribution is -2.00. The van der Waals surface area contributed by atoms with Gasteiger partial charge in [-0.3, -0.25) is 9.89 Å². The van der Waals surface area contributed by atoms with Crippen LogP contribution >= 0.6 is 15.9 Å². The minimum atomic E-state index is -0.958. The molecule has 2 aromatic rings. The van der Waals surface area contributed by atoms with E-state index in [2.05, 4.69) is 26.1 Å². The van der Waals surface area contributed by atoms with E-state index in [1.165, 1.54) is 12.1 Å². The first-order valence-electron chi connectivity index (χ1n) is 4.78. The third kappa shape index (κ3) is 2.52. The van der Waals surface area contributed by atoms with Crippen LogP contribution in [0.15, 0.2) is 28.7 Å². The summed E-state index contributed by atoms with van der Waals surface area (Å²) in [5.41, 5.74) is 1.54. The fourth-order valence-corrected chi connectivity index (χ4v) is 2.01. The molecule has 2 rings (SSSR count). The molecule has 0 aliphatic heterocycles. The molecule has 2 N–H and O–H groups in total. The van der Waals surface area contributed by atoms with Gasteiger partial charge in [-0.15, -0.1) is 0 Å².